The fourth-order valence-corrected chi connectivity index (χ4v) is 3.70. The van der Waals surface area contributed by atoms with Gasteiger partial charge < -0.3 is 10.6 Å². The topological polar surface area (TPSA) is 63.4 Å². The number of hydrogen-bond donors (Lipinski definition) is 1. The summed E-state index contributed by atoms with van der Waals surface area (Å²) in [6.45, 7) is 14.9. The van der Waals surface area contributed by atoms with Crippen LogP contribution in [0.4, 0.5) is 5.69 Å². The van der Waals surface area contributed by atoms with Gasteiger partial charge in [-0.3, -0.25) is 9.59 Å². The average Bonchev–Trinajstić information content (AvgIpc) is 3.18. The van der Waals surface area contributed by atoms with E-state index in [1.54, 1.807) is 18.3 Å². The minimum absolute atomic E-state index is 0.0964. The Morgan fingerprint density at radius 1 is 1.04 bits per heavy atom. The van der Waals surface area contributed by atoms with Gasteiger partial charge in [0, 0.05) is 23.7 Å². The van der Waals surface area contributed by atoms with Crippen molar-refractivity contribution >= 4 is 28.7 Å². The van der Waals surface area contributed by atoms with Crippen LogP contribution in [0.25, 0.3) is 0 Å². The molecule has 5 heteroatoms. The maximum atomic E-state index is 12.4. The van der Waals surface area contributed by atoms with Gasteiger partial charge in [0.25, 0.3) is 0 Å². The van der Waals surface area contributed by atoms with E-state index in [4.69, 9.17) is 5.73 Å². The van der Waals surface area contributed by atoms with Gasteiger partial charge in [-0.15, -0.1) is 11.3 Å². The Morgan fingerprint density at radius 3 is 2.14 bits per heavy atom. The van der Waals surface area contributed by atoms with Crippen LogP contribution in [-0.2, 0) is 24.2 Å². The molecule has 0 radical (unpaired) electrons. The minimum atomic E-state index is 0.0964. The molecule has 0 fully saturated rings. The molecule has 3 rings (SSSR count). The van der Waals surface area contributed by atoms with Crippen LogP contribution in [0.5, 0.6) is 0 Å². The van der Waals surface area contributed by atoms with E-state index in [2.05, 4.69) is 0 Å². The van der Waals surface area contributed by atoms with Gasteiger partial charge in [-0.05, 0) is 42.7 Å². The Bertz CT molecular complexity index is 721. The maximum absolute atomic E-state index is 12.4. The van der Waals surface area contributed by atoms with Crippen molar-refractivity contribution in [1.82, 2.24) is 4.90 Å². The van der Waals surface area contributed by atoms with Crippen molar-refractivity contribution < 1.29 is 9.59 Å². The first kappa shape index (κ1) is 25.9. The third-order valence-electron chi connectivity index (χ3n) is 3.90. The summed E-state index contributed by atoms with van der Waals surface area (Å²) in [4.78, 5) is 27.8. The number of nitrogen functional groups attached to an aromatic ring is 1. The number of Topliss-reactive ketones (excluding diaryl/α,β-unsaturated/α-hetero) is 1. The second-order valence-corrected chi connectivity index (χ2v) is 6.74. The molecule has 0 bridgehead atoms. The lowest BCUT2D eigenvalue weighted by molar-refractivity contribution is -0.131. The average molecular weight is 405 g/mol. The van der Waals surface area contributed by atoms with Crippen LogP contribution in [0.15, 0.2) is 30.3 Å². The number of fused-ring (bicyclic) bond motifs is 1. The SMILES string of the molecule is CC.CC.CC.CC(=O)c1cc2c(s1)CCN(C(=O)Cc1ccc(N)cc1)C2. The molecule has 2 aromatic rings. The molecule has 4 nitrogen and oxygen atoms in total. The zero-order valence-corrected chi connectivity index (χ0v) is 19.3. The number of carbonyl (C=O) groups is 2. The van der Waals surface area contributed by atoms with E-state index in [-0.39, 0.29) is 11.7 Å². The van der Waals surface area contributed by atoms with Gasteiger partial charge in [0.2, 0.25) is 5.91 Å². The van der Waals surface area contributed by atoms with Gasteiger partial charge in [0.05, 0.1) is 11.3 Å². The molecule has 1 aliphatic heterocycles. The summed E-state index contributed by atoms with van der Waals surface area (Å²) >= 11 is 1.56. The Kier molecular flexibility index (Phi) is 12.9. The van der Waals surface area contributed by atoms with Crippen LogP contribution < -0.4 is 5.73 Å². The first-order chi connectivity index (χ1) is 13.5. The van der Waals surface area contributed by atoms with Crippen LogP contribution in [0.3, 0.4) is 0 Å². The lowest BCUT2D eigenvalue weighted by Crippen LogP contribution is -2.36. The largest absolute Gasteiger partial charge is 0.399 e. The van der Waals surface area contributed by atoms with Gasteiger partial charge in [-0.1, -0.05) is 53.7 Å². The highest BCUT2D eigenvalue weighted by Crippen LogP contribution is 2.28. The molecule has 1 aromatic carbocycles. The third-order valence-corrected chi connectivity index (χ3v) is 5.24. The molecule has 156 valence electrons. The zero-order valence-electron chi connectivity index (χ0n) is 18.5. The Labute approximate surface area is 174 Å². The van der Waals surface area contributed by atoms with E-state index in [0.29, 0.717) is 18.7 Å². The van der Waals surface area contributed by atoms with E-state index in [0.717, 1.165) is 29.0 Å². The van der Waals surface area contributed by atoms with Crippen LogP contribution in [0.2, 0.25) is 0 Å². The van der Waals surface area contributed by atoms with Crippen molar-refractivity contribution in [2.24, 2.45) is 0 Å². The summed E-state index contributed by atoms with van der Waals surface area (Å²) in [7, 11) is 0. The van der Waals surface area contributed by atoms with Crippen LogP contribution in [0, 0.1) is 0 Å². The number of benzene rings is 1. The molecule has 2 heterocycles. The fourth-order valence-electron chi connectivity index (χ4n) is 2.64. The van der Waals surface area contributed by atoms with Crippen molar-refractivity contribution in [3.05, 3.63) is 51.2 Å². The van der Waals surface area contributed by atoms with Crippen molar-refractivity contribution in [2.75, 3.05) is 12.3 Å². The predicted molar refractivity (Wildman–Crippen MR) is 122 cm³/mol. The second-order valence-electron chi connectivity index (χ2n) is 5.60. The standard InChI is InChI=1S/C17H18N2O2S.3C2H6/c1-11(20)16-9-13-10-19(7-6-15(13)22-16)17(21)8-12-2-4-14(18)5-3-12;3*1-2/h2-5,9H,6-8,10,18H2,1H3;3*1-2H3. The molecular formula is C23H36N2O2S. The van der Waals surface area contributed by atoms with Crippen molar-refractivity contribution in [3.63, 3.8) is 0 Å². The molecule has 1 aromatic heterocycles. The fraction of sp³-hybridized carbons (Fsp3) is 0.478. The Balaban J connectivity index is 0.00000111. The van der Waals surface area contributed by atoms with Crippen molar-refractivity contribution in [1.29, 1.82) is 0 Å². The number of thiophene rings is 1. The van der Waals surface area contributed by atoms with E-state index < -0.39 is 0 Å². The monoisotopic (exact) mass is 404 g/mol. The van der Waals surface area contributed by atoms with Gasteiger partial charge >= 0.3 is 0 Å². The predicted octanol–water partition coefficient (Wildman–Crippen LogP) is 5.74. The Morgan fingerprint density at radius 2 is 1.61 bits per heavy atom. The molecule has 0 saturated carbocycles. The summed E-state index contributed by atoms with van der Waals surface area (Å²) in [5.74, 6) is 0.213. The van der Waals surface area contributed by atoms with Crippen LogP contribution in [0.1, 0.15) is 74.1 Å². The van der Waals surface area contributed by atoms with Gasteiger partial charge in [-0.25, -0.2) is 0 Å². The number of hydrogen-bond acceptors (Lipinski definition) is 4. The highest BCUT2D eigenvalue weighted by Gasteiger charge is 2.23. The summed E-state index contributed by atoms with van der Waals surface area (Å²) in [5.41, 5.74) is 8.45. The molecule has 0 aliphatic carbocycles. The maximum Gasteiger partial charge on any atom is 0.227 e. The lowest BCUT2D eigenvalue weighted by atomic mass is 10.1. The van der Waals surface area contributed by atoms with E-state index in [1.807, 2.05) is 76.8 Å². The summed E-state index contributed by atoms with van der Waals surface area (Å²) in [6.07, 6.45) is 1.22. The van der Waals surface area contributed by atoms with E-state index in [1.165, 1.54) is 4.88 Å². The number of rotatable bonds is 3. The van der Waals surface area contributed by atoms with E-state index >= 15 is 0 Å². The lowest BCUT2D eigenvalue weighted by Gasteiger charge is -2.27. The van der Waals surface area contributed by atoms with Crippen LogP contribution >= 0.6 is 11.3 Å². The number of ketones is 1. The number of carbonyl (C=O) groups excluding carboxylic acids is 2. The number of anilines is 1. The summed E-state index contributed by atoms with van der Waals surface area (Å²) in [6, 6.07) is 9.34. The second kappa shape index (κ2) is 13.9. The highest BCUT2D eigenvalue weighted by molar-refractivity contribution is 7.14. The molecule has 28 heavy (non-hydrogen) atoms. The van der Waals surface area contributed by atoms with Crippen molar-refractivity contribution in [3.8, 4) is 0 Å². The molecule has 0 spiro atoms. The molecule has 1 aliphatic rings. The van der Waals surface area contributed by atoms with Gasteiger partial charge in [-0.2, -0.15) is 0 Å². The first-order valence-corrected chi connectivity index (χ1v) is 11.1. The number of nitrogens with two attached hydrogens (primary N) is 1. The molecular weight excluding hydrogens is 368 g/mol. The van der Waals surface area contributed by atoms with Crippen LogP contribution in [-0.4, -0.2) is 23.1 Å². The summed E-state index contributed by atoms with van der Waals surface area (Å²) < 4.78 is 0. The normalized spacial score (nSPS) is 11.5. The first-order valence-electron chi connectivity index (χ1n) is 10.3. The molecule has 0 atom stereocenters. The van der Waals surface area contributed by atoms with Crippen molar-refractivity contribution in [2.45, 2.75) is 67.9 Å². The third kappa shape index (κ3) is 7.47. The minimum Gasteiger partial charge on any atom is -0.399 e. The Hall–Kier alpha value is -2.14. The van der Waals surface area contributed by atoms with Gasteiger partial charge in [0.1, 0.15) is 0 Å². The summed E-state index contributed by atoms with van der Waals surface area (Å²) in [5, 5.41) is 0. The number of amides is 1. The van der Waals surface area contributed by atoms with E-state index in [9.17, 15) is 9.59 Å². The molecule has 0 unspecified atom stereocenters. The highest BCUT2D eigenvalue weighted by atomic mass is 32.1. The molecule has 2 N–H and O–H groups in total. The zero-order chi connectivity index (χ0) is 21.7. The van der Waals surface area contributed by atoms with Gasteiger partial charge in [0.15, 0.2) is 5.78 Å². The number of nitrogens with zero attached hydrogens (tertiary/aromatic N) is 1. The quantitative estimate of drug-likeness (QED) is 0.524. The molecule has 1 amide bonds. The smallest absolute Gasteiger partial charge is 0.227 e. The molecule has 0 saturated heterocycles.